The van der Waals surface area contributed by atoms with Crippen molar-refractivity contribution in [2.24, 2.45) is 0 Å². The molecule has 1 amide bonds. The zero-order valence-corrected chi connectivity index (χ0v) is 17.7. The Kier molecular flexibility index (Phi) is 6.05. The van der Waals surface area contributed by atoms with E-state index in [0.29, 0.717) is 28.8 Å². The highest BCUT2D eigenvalue weighted by Gasteiger charge is 2.24. The number of nitrogens with zero attached hydrogens (tertiary/aromatic N) is 4. The van der Waals surface area contributed by atoms with Crippen LogP contribution < -0.4 is 11.1 Å². The molecule has 158 valence electrons. The van der Waals surface area contributed by atoms with Gasteiger partial charge in [-0.25, -0.2) is 4.68 Å². The van der Waals surface area contributed by atoms with Crippen LogP contribution in [0.15, 0.2) is 33.8 Å². The zero-order valence-electron chi connectivity index (χ0n) is 16.9. The lowest BCUT2D eigenvalue weighted by atomic mass is 10.1. The standard InChI is InChI=1S/C20H24N6O3S/c1-12-5-7-13(8-6-12)18-23-19(29-25-18)16-17(21)26(24-20(16)30-2)11-15(27)22-10-14-4-3-9-28-14/h5-8,14H,3-4,9-11,21H2,1-2H3,(H,22,27)/t14-/m1/s1. The van der Waals surface area contributed by atoms with Crippen molar-refractivity contribution < 1.29 is 14.1 Å². The molecule has 30 heavy (non-hydrogen) atoms. The van der Waals surface area contributed by atoms with Gasteiger partial charge in [0.15, 0.2) is 0 Å². The van der Waals surface area contributed by atoms with Gasteiger partial charge in [0.1, 0.15) is 23.0 Å². The first kappa shape index (κ1) is 20.4. The quantitative estimate of drug-likeness (QED) is 0.551. The van der Waals surface area contributed by atoms with Crippen LogP contribution in [-0.2, 0) is 16.1 Å². The van der Waals surface area contributed by atoms with Gasteiger partial charge in [0, 0.05) is 18.7 Å². The van der Waals surface area contributed by atoms with E-state index in [9.17, 15) is 4.79 Å². The van der Waals surface area contributed by atoms with E-state index in [1.807, 2.05) is 37.4 Å². The lowest BCUT2D eigenvalue weighted by molar-refractivity contribution is -0.122. The van der Waals surface area contributed by atoms with Crippen LogP contribution in [0.4, 0.5) is 5.82 Å². The molecule has 3 aromatic rings. The summed E-state index contributed by atoms with van der Waals surface area (Å²) in [5, 5.41) is 12.0. The van der Waals surface area contributed by atoms with Crippen LogP contribution in [0.5, 0.6) is 0 Å². The number of hydrogen-bond donors (Lipinski definition) is 2. The SMILES string of the molecule is CSc1nn(CC(=O)NC[C@H]2CCCO2)c(N)c1-c1nc(-c2ccc(C)cc2)no1. The minimum absolute atomic E-state index is 0.00503. The zero-order chi connectivity index (χ0) is 21.1. The monoisotopic (exact) mass is 428 g/mol. The smallest absolute Gasteiger partial charge is 0.264 e. The largest absolute Gasteiger partial charge is 0.383 e. The molecule has 1 atom stereocenters. The molecule has 0 saturated carbocycles. The number of ether oxygens (including phenoxy) is 1. The predicted octanol–water partition coefficient (Wildman–Crippen LogP) is 2.51. The van der Waals surface area contributed by atoms with Gasteiger partial charge in [0.2, 0.25) is 11.7 Å². The molecule has 1 aromatic carbocycles. The van der Waals surface area contributed by atoms with Crippen LogP contribution in [0, 0.1) is 6.92 Å². The normalized spacial score (nSPS) is 16.1. The highest BCUT2D eigenvalue weighted by Crippen LogP contribution is 2.34. The van der Waals surface area contributed by atoms with Crippen LogP contribution in [-0.4, -0.2) is 51.3 Å². The number of carbonyl (C=O) groups excluding carboxylic acids is 1. The van der Waals surface area contributed by atoms with Gasteiger partial charge in [-0.05, 0) is 26.0 Å². The summed E-state index contributed by atoms with van der Waals surface area (Å²) in [5.41, 5.74) is 8.84. The number of amides is 1. The highest BCUT2D eigenvalue weighted by molar-refractivity contribution is 7.98. The number of thioether (sulfide) groups is 1. The molecular formula is C20H24N6O3S. The number of aromatic nitrogens is 4. The molecule has 10 heteroatoms. The Balaban J connectivity index is 1.52. The van der Waals surface area contributed by atoms with Gasteiger partial charge in [0.25, 0.3) is 5.89 Å². The van der Waals surface area contributed by atoms with E-state index in [4.69, 9.17) is 15.0 Å². The fourth-order valence-electron chi connectivity index (χ4n) is 3.29. The van der Waals surface area contributed by atoms with Crippen molar-refractivity contribution in [3.05, 3.63) is 29.8 Å². The number of benzene rings is 1. The first-order valence-electron chi connectivity index (χ1n) is 9.75. The molecule has 1 aliphatic heterocycles. The molecule has 3 N–H and O–H groups in total. The minimum atomic E-state index is -0.176. The van der Waals surface area contributed by atoms with Gasteiger partial charge in [-0.3, -0.25) is 4.79 Å². The first-order valence-corrected chi connectivity index (χ1v) is 11.0. The van der Waals surface area contributed by atoms with E-state index < -0.39 is 0 Å². The average Bonchev–Trinajstić information content (AvgIpc) is 3.48. The second-order valence-electron chi connectivity index (χ2n) is 7.16. The van der Waals surface area contributed by atoms with Gasteiger partial charge in [0.05, 0.1) is 6.10 Å². The summed E-state index contributed by atoms with van der Waals surface area (Å²) in [5.74, 6) is 0.882. The molecule has 0 unspecified atom stereocenters. The Bertz CT molecular complexity index is 1020. The number of hydrogen-bond acceptors (Lipinski definition) is 8. The minimum Gasteiger partial charge on any atom is -0.383 e. The number of aryl methyl sites for hydroxylation is 1. The third-order valence-corrected chi connectivity index (χ3v) is 5.62. The summed E-state index contributed by atoms with van der Waals surface area (Å²) in [4.78, 5) is 16.8. The van der Waals surface area contributed by atoms with Gasteiger partial charge in [-0.1, -0.05) is 35.0 Å². The Morgan fingerprint density at radius 1 is 1.37 bits per heavy atom. The van der Waals surface area contributed by atoms with E-state index >= 15 is 0 Å². The maximum Gasteiger partial charge on any atom is 0.264 e. The Hall–Kier alpha value is -2.85. The van der Waals surface area contributed by atoms with Crippen molar-refractivity contribution in [2.45, 2.75) is 37.4 Å². The van der Waals surface area contributed by atoms with Crippen molar-refractivity contribution in [1.82, 2.24) is 25.2 Å². The molecule has 1 aliphatic rings. The molecule has 1 fully saturated rings. The number of rotatable bonds is 7. The molecular weight excluding hydrogens is 404 g/mol. The first-order chi connectivity index (χ1) is 14.5. The van der Waals surface area contributed by atoms with E-state index in [2.05, 4.69) is 20.6 Å². The summed E-state index contributed by atoms with van der Waals surface area (Å²) < 4.78 is 12.5. The lowest BCUT2D eigenvalue weighted by Crippen LogP contribution is -2.34. The lowest BCUT2D eigenvalue weighted by Gasteiger charge is -2.11. The van der Waals surface area contributed by atoms with Crippen molar-refractivity contribution in [2.75, 3.05) is 25.1 Å². The highest BCUT2D eigenvalue weighted by atomic mass is 32.2. The van der Waals surface area contributed by atoms with E-state index in [1.54, 1.807) is 0 Å². The number of nitrogen functional groups attached to an aromatic ring is 1. The third kappa shape index (κ3) is 4.34. The predicted molar refractivity (Wildman–Crippen MR) is 114 cm³/mol. The molecule has 4 rings (SSSR count). The van der Waals surface area contributed by atoms with Crippen LogP contribution in [0.2, 0.25) is 0 Å². The van der Waals surface area contributed by atoms with Crippen LogP contribution in [0.3, 0.4) is 0 Å². The van der Waals surface area contributed by atoms with Crippen LogP contribution in [0.25, 0.3) is 22.8 Å². The summed E-state index contributed by atoms with van der Waals surface area (Å²) >= 11 is 1.40. The maximum absolute atomic E-state index is 12.3. The molecule has 0 bridgehead atoms. The Labute approximate surface area is 178 Å². The molecule has 0 radical (unpaired) electrons. The molecule has 1 saturated heterocycles. The van der Waals surface area contributed by atoms with E-state index in [0.717, 1.165) is 30.6 Å². The summed E-state index contributed by atoms with van der Waals surface area (Å²) in [6.07, 6.45) is 3.96. The number of carbonyl (C=O) groups is 1. The Morgan fingerprint density at radius 2 is 2.17 bits per heavy atom. The molecule has 2 aromatic heterocycles. The number of nitrogens with one attached hydrogen (secondary N) is 1. The molecule has 0 spiro atoms. The maximum atomic E-state index is 12.3. The molecule has 3 heterocycles. The van der Waals surface area contributed by atoms with Crippen molar-refractivity contribution in [3.8, 4) is 22.8 Å². The van der Waals surface area contributed by atoms with Gasteiger partial charge in [-0.2, -0.15) is 10.1 Å². The number of anilines is 1. The fraction of sp³-hybridized carbons (Fsp3) is 0.400. The van der Waals surface area contributed by atoms with Crippen molar-refractivity contribution in [1.29, 1.82) is 0 Å². The van der Waals surface area contributed by atoms with E-state index in [1.165, 1.54) is 16.4 Å². The second kappa shape index (κ2) is 8.88. The van der Waals surface area contributed by atoms with Crippen LogP contribution >= 0.6 is 11.8 Å². The summed E-state index contributed by atoms with van der Waals surface area (Å²) in [6, 6.07) is 7.84. The van der Waals surface area contributed by atoms with Gasteiger partial charge < -0.3 is 20.3 Å². The molecule has 9 nitrogen and oxygen atoms in total. The summed E-state index contributed by atoms with van der Waals surface area (Å²) in [6.45, 7) is 3.26. The number of nitrogens with two attached hydrogens (primary N) is 1. The van der Waals surface area contributed by atoms with E-state index in [-0.39, 0.29) is 24.4 Å². The van der Waals surface area contributed by atoms with Crippen LogP contribution in [0.1, 0.15) is 18.4 Å². The second-order valence-corrected chi connectivity index (χ2v) is 7.95. The third-order valence-electron chi connectivity index (χ3n) is 4.95. The average molecular weight is 429 g/mol. The van der Waals surface area contributed by atoms with Gasteiger partial charge >= 0.3 is 0 Å². The Morgan fingerprint density at radius 3 is 2.87 bits per heavy atom. The van der Waals surface area contributed by atoms with Gasteiger partial charge in [-0.15, -0.1) is 11.8 Å². The fourth-order valence-corrected chi connectivity index (χ4v) is 3.86. The van der Waals surface area contributed by atoms with Crippen molar-refractivity contribution in [3.63, 3.8) is 0 Å². The van der Waals surface area contributed by atoms with Crippen molar-refractivity contribution >= 4 is 23.5 Å². The summed E-state index contributed by atoms with van der Waals surface area (Å²) in [7, 11) is 0. The topological polar surface area (TPSA) is 121 Å². The molecule has 0 aliphatic carbocycles.